The molecule has 1 aliphatic rings. The van der Waals surface area contributed by atoms with Crippen LogP contribution in [0.3, 0.4) is 0 Å². The minimum atomic E-state index is -4.11. The molecule has 0 aliphatic heterocycles. The zero-order valence-corrected chi connectivity index (χ0v) is 11.4. The first-order chi connectivity index (χ1) is 8.70. The Morgan fingerprint density at radius 3 is 2.16 bits per heavy atom. The van der Waals surface area contributed by atoms with Crippen LogP contribution in [0.15, 0.2) is 0 Å². The van der Waals surface area contributed by atoms with Crippen LogP contribution in [0.5, 0.6) is 0 Å². The van der Waals surface area contributed by atoms with Gasteiger partial charge in [0, 0.05) is 12.6 Å². The summed E-state index contributed by atoms with van der Waals surface area (Å²) in [6.45, 7) is 4.50. The van der Waals surface area contributed by atoms with Crippen LogP contribution in [0.2, 0.25) is 0 Å². The number of rotatable bonds is 5. The average molecular weight is 281 g/mol. The lowest BCUT2D eigenvalue weighted by molar-refractivity contribution is -0.185. The maximum Gasteiger partial charge on any atom is 0.391 e. The van der Waals surface area contributed by atoms with Crippen LogP contribution in [-0.4, -0.2) is 41.3 Å². The molecule has 1 rings (SSSR count). The summed E-state index contributed by atoms with van der Waals surface area (Å²) in [6, 6.07) is -0.0305. The van der Waals surface area contributed by atoms with Crippen molar-refractivity contribution in [1.82, 2.24) is 4.90 Å². The molecule has 0 radical (unpaired) electrons. The smallest absolute Gasteiger partial charge is 0.391 e. The third-order valence-electron chi connectivity index (χ3n) is 3.61. The molecule has 1 saturated carbocycles. The summed E-state index contributed by atoms with van der Waals surface area (Å²) in [5.41, 5.74) is 0. The lowest BCUT2D eigenvalue weighted by atomic mass is 9.84. The van der Waals surface area contributed by atoms with Crippen LogP contribution in [-0.2, 0) is 4.79 Å². The van der Waals surface area contributed by atoms with Crippen LogP contribution >= 0.6 is 0 Å². The second-order valence-electron chi connectivity index (χ2n) is 5.76. The highest BCUT2D eigenvalue weighted by atomic mass is 19.4. The number of carboxylic acid groups (broad SMARTS) is 1. The fourth-order valence-electron chi connectivity index (χ4n) is 2.75. The Balaban J connectivity index is 2.56. The molecule has 0 aromatic heterocycles. The number of alkyl halides is 3. The van der Waals surface area contributed by atoms with Crippen molar-refractivity contribution in [2.45, 2.75) is 51.7 Å². The van der Waals surface area contributed by atoms with E-state index in [9.17, 15) is 18.0 Å². The fourth-order valence-corrected chi connectivity index (χ4v) is 2.75. The van der Waals surface area contributed by atoms with E-state index < -0.39 is 18.1 Å². The monoisotopic (exact) mass is 281 g/mol. The summed E-state index contributed by atoms with van der Waals surface area (Å²) in [6.07, 6.45) is -3.01. The minimum Gasteiger partial charge on any atom is -0.480 e. The lowest BCUT2D eigenvalue weighted by Gasteiger charge is -2.37. The van der Waals surface area contributed by atoms with Crippen molar-refractivity contribution in [2.75, 3.05) is 13.1 Å². The van der Waals surface area contributed by atoms with Crippen LogP contribution in [0.1, 0.15) is 39.5 Å². The zero-order chi connectivity index (χ0) is 14.6. The van der Waals surface area contributed by atoms with E-state index in [0.717, 1.165) is 0 Å². The molecule has 0 amide bonds. The van der Waals surface area contributed by atoms with Gasteiger partial charge in [0.2, 0.25) is 0 Å². The largest absolute Gasteiger partial charge is 0.480 e. The minimum absolute atomic E-state index is 0.0305. The summed E-state index contributed by atoms with van der Waals surface area (Å²) < 4.78 is 37.7. The van der Waals surface area contributed by atoms with E-state index in [1.54, 1.807) is 0 Å². The molecular weight excluding hydrogens is 259 g/mol. The molecule has 1 N–H and O–H groups in total. The first-order valence-electron chi connectivity index (χ1n) is 6.72. The maximum atomic E-state index is 12.6. The Morgan fingerprint density at radius 2 is 1.79 bits per heavy atom. The normalized spacial score (nSPS) is 25.0. The van der Waals surface area contributed by atoms with E-state index in [-0.39, 0.29) is 25.4 Å². The van der Waals surface area contributed by atoms with Crippen molar-refractivity contribution in [3.63, 3.8) is 0 Å². The molecule has 1 fully saturated rings. The molecule has 6 heteroatoms. The Hall–Kier alpha value is -0.780. The first-order valence-corrected chi connectivity index (χ1v) is 6.72. The predicted octanol–water partition coefficient (Wildman–Crippen LogP) is 3.15. The highest BCUT2D eigenvalue weighted by Crippen LogP contribution is 2.38. The Morgan fingerprint density at radius 1 is 1.26 bits per heavy atom. The van der Waals surface area contributed by atoms with E-state index in [4.69, 9.17) is 5.11 Å². The van der Waals surface area contributed by atoms with Gasteiger partial charge in [-0.2, -0.15) is 13.2 Å². The summed E-state index contributed by atoms with van der Waals surface area (Å²) in [4.78, 5) is 12.7. The first kappa shape index (κ1) is 16.3. The molecule has 0 unspecified atom stereocenters. The van der Waals surface area contributed by atoms with E-state index in [0.29, 0.717) is 25.3 Å². The number of hydrogen-bond donors (Lipinski definition) is 1. The summed E-state index contributed by atoms with van der Waals surface area (Å²) in [7, 11) is 0. The molecule has 19 heavy (non-hydrogen) atoms. The maximum absolute atomic E-state index is 12.6. The van der Waals surface area contributed by atoms with Gasteiger partial charge in [-0.15, -0.1) is 0 Å². The van der Waals surface area contributed by atoms with E-state index >= 15 is 0 Å². The molecule has 0 bridgehead atoms. The molecule has 0 aromatic rings. The third-order valence-corrected chi connectivity index (χ3v) is 3.61. The van der Waals surface area contributed by atoms with Crippen molar-refractivity contribution in [2.24, 2.45) is 11.8 Å². The van der Waals surface area contributed by atoms with E-state index in [1.165, 1.54) is 0 Å². The fraction of sp³-hybridized carbons (Fsp3) is 0.923. The number of halogens is 3. The van der Waals surface area contributed by atoms with Gasteiger partial charge < -0.3 is 5.11 Å². The number of carboxylic acids is 1. The topological polar surface area (TPSA) is 40.5 Å². The van der Waals surface area contributed by atoms with Gasteiger partial charge in [-0.1, -0.05) is 13.8 Å². The Kier molecular flexibility index (Phi) is 5.64. The van der Waals surface area contributed by atoms with E-state index in [2.05, 4.69) is 0 Å². The van der Waals surface area contributed by atoms with Crippen LogP contribution in [0.4, 0.5) is 13.2 Å². The van der Waals surface area contributed by atoms with Gasteiger partial charge in [-0.3, -0.25) is 9.69 Å². The molecule has 0 spiro atoms. The molecule has 1 aliphatic carbocycles. The van der Waals surface area contributed by atoms with Crippen LogP contribution < -0.4 is 0 Å². The average Bonchev–Trinajstić information content (AvgIpc) is 2.26. The van der Waals surface area contributed by atoms with Crippen molar-refractivity contribution in [3.05, 3.63) is 0 Å². The number of aliphatic carboxylic acids is 1. The molecular formula is C13H22F3NO2. The van der Waals surface area contributed by atoms with Crippen LogP contribution in [0, 0.1) is 11.8 Å². The lowest BCUT2D eigenvalue weighted by Crippen LogP contribution is -2.44. The number of hydrogen-bond acceptors (Lipinski definition) is 2. The second kappa shape index (κ2) is 6.59. The molecule has 0 saturated heterocycles. The van der Waals surface area contributed by atoms with Gasteiger partial charge in [0.15, 0.2) is 0 Å². The molecule has 112 valence electrons. The van der Waals surface area contributed by atoms with Gasteiger partial charge in [0.1, 0.15) is 0 Å². The van der Waals surface area contributed by atoms with Gasteiger partial charge in [-0.05, 0) is 31.6 Å². The van der Waals surface area contributed by atoms with Crippen molar-refractivity contribution >= 4 is 5.97 Å². The Bertz CT molecular complexity index is 297. The van der Waals surface area contributed by atoms with Crippen molar-refractivity contribution < 1.29 is 23.1 Å². The summed E-state index contributed by atoms with van der Waals surface area (Å²) in [5.74, 6) is -1.83. The summed E-state index contributed by atoms with van der Waals surface area (Å²) >= 11 is 0. The SMILES string of the molecule is CC(C)CN(CC(=O)O)C1CCC(C(F)(F)F)CC1. The zero-order valence-electron chi connectivity index (χ0n) is 11.4. The van der Waals surface area contributed by atoms with Gasteiger partial charge >= 0.3 is 12.1 Å². The molecule has 0 heterocycles. The number of nitrogens with zero attached hydrogens (tertiary/aromatic N) is 1. The quantitative estimate of drug-likeness (QED) is 0.841. The van der Waals surface area contributed by atoms with Crippen molar-refractivity contribution in [1.29, 1.82) is 0 Å². The van der Waals surface area contributed by atoms with Gasteiger partial charge in [-0.25, -0.2) is 0 Å². The highest BCUT2D eigenvalue weighted by molar-refractivity contribution is 5.69. The van der Waals surface area contributed by atoms with Gasteiger partial charge in [0.25, 0.3) is 0 Å². The molecule has 3 nitrogen and oxygen atoms in total. The summed E-state index contributed by atoms with van der Waals surface area (Å²) in [5, 5.41) is 8.89. The third kappa shape index (κ3) is 5.38. The molecule has 0 atom stereocenters. The van der Waals surface area contributed by atoms with Gasteiger partial charge in [0.05, 0.1) is 12.5 Å². The molecule has 0 aromatic carbocycles. The van der Waals surface area contributed by atoms with Crippen molar-refractivity contribution in [3.8, 4) is 0 Å². The predicted molar refractivity (Wildman–Crippen MR) is 65.8 cm³/mol. The van der Waals surface area contributed by atoms with E-state index in [1.807, 2.05) is 18.7 Å². The van der Waals surface area contributed by atoms with Crippen LogP contribution in [0.25, 0.3) is 0 Å². The highest BCUT2D eigenvalue weighted by Gasteiger charge is 2.42. The standard InChI is InChI=1S/C13H22F3NO2/c1-9(2)7-17(8-12(18)19)11-5-3-10(4-6-11)13(14,15)16/h9-11H,3-8H2,1-2H3,(H,18,19). The Labute approximate surface area is 111 Å². The number of carbonyl (C=O) groups is 1. The second-order valence-corrected chi connectivity index (χ2v) is 5.76.